The minimum atomic E-state index is 0.804. The average molecular weight is 260 g/mol. The van der Waals surface area contributed by atoms with E-state index in [1.54, 1.807) is 6.20 Å². The Hall–Kier alpha value is -1.69. The highest BCUT2D eigenvalue weighted by atomic mass is 15.3. The smallest absolute Gasteiger partial charge is 0.203 e. The molecular weight excluding hydrogens is 240 g/mol. The van der Waals surface area contributed by atoms with Gasteiger partial charge < -0.3 is 10.2 Å². The third-order valence-electron chi connectivity index (χ3n) is 3.67. The molecule has 0 atom stereocenters. The summed E-state index contributed by atoms with van der Waals surface area (Å²) in [6.07, 6.45) is 7.71. The van der Waals surface area contributed by atoms with Crippen LogP contribution < -0.4 is 5.32 Å². The van der Waals surface area contributed by atoms with Crippen molar-refractivity contribution in [3.05, 3.63) is 18.2 Å². The first-order valence-corrected chi connectivity index (χ1v) is 6.97. The number of piperidine rings is 1. The van der Waals surface area contributed by atoms with E-state index >= 15 is 0 Å². The number of likely N-dealkylation sites (tertiary alicyclic amines) is 1. The van der Waals surface area contributed by atoms with Crippen molar-refractivity contribution in [2.75, 3.05) is 31.5 Å². The molecule has 6 heteroatoms. The van der Waals surface area contributed by atoms with Gasteiger partial charge in [-0.25, -0.2) is 4.98 Å². The van der Waals surface area contributed by atoms with Crippen LogP contribution in [0.1, 0.15) is 25.1 Å². The van der Waals surface area contributed by atoms with E-state index in [9.17, 15) is 0 Å². The summed E-state index contributed by atoms with van der Waals surface area (Å²) in [4.78, 5) is 6.86. The predicted octanol–water partition coefficient (Wildman–Crippen LogP) is 1.33. The van der Waals surface area contributed by atoms with Gasteiger partial charge in [-0.3, -0.25) is 4.40 Å². The number of nitrogens with zero attached hydrogens (tertiary/aromatic N) is 5. The van der Waals surface area contributed by atoms with Gasteiger partial charge >= 0.3 is 0 Å². The van der Waals surface area contributed by atoms with Crippen LogP contribution in [-0.4, -0.2) is 50.7 Å². The van der Waals surface area contributed by atoms with Gasteiger partial charge in [-0.1, -0.05) is 6.42 Å². The molecule has 1 saturated heterocycles. The summed E-state index contributed by atoms with van der Waals surface area (Å²) < 4.78 is 1.95. The van der Waals surface area contributed by atoms with E-state index < -0.39 is 0 Å². The van der Waals surface area contributed by atoms with E-state index in [2.05, 4.69) is 25.4 Å². The van der Waals surface area contributed by atoms with Crippen LogP contribution in [-0.2, 0) is 0 Å². The molecule has 1 aliphatic heterocycles. The zero-order valence-electron chi connectivity index (χ0n) is 11.3. The summed E-state index contributed by atoms with van der Waals surface area (Å²) in [5.74, 6) is 1.71. The van der Waals surface area contributed by atoms with Crippen molar-refractivity contribution in [2.24, 2.45) is 0 Å². The Labute approximate surface area is 112 Å². The number of anilines is 1. The highest BCUT2D eigenvalue weighted by molar-refractivity contribution is 5.61. The fraction of sp³-hybridized carbons (Fsp3) is 0.615. The number of nitrogens with one attached hydrogen (secondary N) is 1. The first kappa shape index (κ1) is 12.3. The van der Waals surface area contributed by atoms with E-state index in [4.69, 9.17) is 0 Å². The van der Waals surface area contributed by atoms with Crippen molar-refractivity contribution < 1.29 is 0 Å². The molecule has 0 radical (unpaired) electrons. The summed E-state index contributed by atoms with van der Waals surface area (Å²) in [6.45, 7) is 6.36. The average Bonchev–Trinajstić information content (AvgIpc) is 2.83. The van der Waals surface area contributed by atoms with Gasteiger partial charge in [-0.05, 0) is 32.9 Å². The molecule has 2 aromatic heterocycles. The van der Waals surface area contributed by atoms with E-state index in [-0.39, 0.29) is 0 Å². The maximum absolute atomic E-state index is 4.35. The van der Waals surface area contributed by atoms with E-state index in [1.165, 1.54) is 32.4 Å². The molecule has 102 valence electrons. The molecule has 3 rings (SSSR count). The first-order chi connectivity index (χ1) is 9.34. The number of hydrogen-bond acceptors (Lipinski definition) is 5. The highest BCUT2D eigenvalue weighted by Crippen LogP contribution is 2.12. The third-order valence-corrected chi connectivity index (χ3v) is 3.67. The van der Waals surface area contributed by atoms with Crippen LogP contribution in [0.2, 0.25) is 0 Å². The van der Waals surface area contributed by atoms with Crippen molar-refractivity contribution in [2.45, 2.75) is 26.2 Å². The summed E-state index contributed by atoms with van der Waals surface area (Å²) in [5, 5.41) is 11.6. The molecule has 0 aliphatic carbocycles. The van der Waals surface area contributed by atoms with Gasteiger partial charge in [0.2, 0.25) is 5.65 Å². The number of aromatic nitrogens is 4. The Morgan fingerprint density at radius 2 is 2.05 bits per heavy atom. The second-order valence-electron chi connectivity index (χ2n) is 5.05. The lowest BCUT2D eigenvalue weighted by atomic mass is 10.1. The summed E-state index contributed by atoms with van der Waals surface area (Å²) in [6, 6.07) is 0. The third kappa shape index (κ3) is 2.68. The van der Waals surface area contributed by atoms with Crippen molar-refractivity contribution in [1.29, 1.82) is 0 Å². The van der Waals surface area contributed by atoms with Crippen LogP contribution in [0.4, 0.5) is 5.82 Å². The molecule has 0 spiro atoms. The largest absolute Gasteiger partial charge is 0.366 e. The molecule has 3 heterocycles. The van der Waals surface area contributed by atoms with Crippen molar-refractivity contribution >= 4 is 11.5 Å². The molecule has 19 heavy (non-hydrogen) atoms. The maximum atomic E-state index is 4.35. The number of aryl methyl sites for hydroxylation is 1. The number of hydrogen-bond donors (Lipinski definition) is 1. The van der Waals surface area contributed by atoms with Crippen LogP contribution in [0.3, 0.4) is 0 Å². The summed E-state index contributed by atoms with van der Waals surface area (Å²) >= 11 is 0. The lowest BCUT2D eigenvalue weighted by Crippen LogP contribution is -2.33. The van der Waals surface area contributed by atoms with E-state index in [0.29, 0.717) is 0 Å². The second-order valence-corrected chi connectivity index (χ2v) is 5.05. The minimum Gasteiger partial charge on any atom is -0.366 e. The van der Waals surface area contributed by atoms with Gasteiger partial charge in [0.1, 0.15) is 5.82 Å². The Kier molecular flexibility index (Phi) is 3.59. The molecule has 1 fully saturated rings. The Morgan fingerprint density at radius 1 is 1.21 bits per heavy atom. The van der Waals surface area contributed by atoms with Crippen molar-refractivity contribution in [1.82, 2.24) is 24.5 Å². The quantitative estimate of drug-likeness (QED) is 0.898. The lowest BCUT2D eigenvalue weighted by molar-refractivity contribution is 0.237. The molecule has 0 amide bonds. The van der Waals surface area contributed by atoms with Gasteiger partial charge in [-0.15, -0.1) is 10.2 Å². The summed E-state index contributed by atoms with van der Waals surface area (Å²) in [7, 11) is 0. The van der Waals surface area contributed by atoms with Gasteiger partial charge in [0.25, 0.3) is 0 Å². The van der Waals surface area contributed by atoms with Crippen LogP contribution in [0.15, 0.2) is 12.4 Å². The molecular formula is C13H20N6. The molecule has 1 N–H and O–H groups in total. The van der Waals surface area contributed by atoms with E-state index in [0.717, 1.165) is 30.4 Å². The van der Waals surface area contributed by atoms with Crippen molar-refractivity contribution in [3.63, 3.8) is 0 Å². The minimum absolute atomic E-state index is 0.804. The predicted molar refractivity (Wildman–Crippen MR) is 74.3 cm³/mol. The van der Waals surface area contributed by atoms with Crippen LogP contribution >= 0.6 is 0 Å². The highest BCUT2D eigenvalue weighted by Gasteiger charge is 2.10. The van der Waals surface area contributed by atoms with Crippen LogP contribution in [0.5, 0.6) is 0 Å². The summed E-state index contributed by atoms with van der Waals surface area (Å²) in [5.41, 5.74) is 0.804. The molecule has 0 aromatic carbocycles. The Bertz CT molecular complexity index is 543. The fourth-order valence-corrected chi connectivity index (χ4v) is 2.58. The first-order valence-electron chi connectivity index (χ1n) is 6.97. The van der Waals surface area contributed by atoms with Crippen molar-refractivity contribution in [3.8, 4) is 0 Å². The van der Waals surface area contributed by atoms with Gasteiger partial charge in [0.05, 0.1) is 0 Å². The number of fused-ring (bicyclic) bond motifs is 1. The Morgan fingerprint density at radius 3 is 2.89 bits per heavy atom. The molecule has 0 unspecified atom stereocenters. The fourth-order valence-electron chi connectivity index (χ4n) is 2.58. The molecule has 1 aliphatic rings. The normalized spacial score (nSPS) is 16.9. The monoisotopic (exact) mass is 260 g/mol. The molecule has 2 aromatic rings. The SMILES string of the molecule is Cc1nnc2c(NCCN3CCCCC3)nccn12. The maximum Gasteiger partial charge on any atom is 0.203 e. The number of rotatable bonds is 4. The van der Waals surface area contributed by atoms with Gasteiger partial charge in [-0.2, -0.15) is 0 Å². The van der Waals surface area contributed by atoms with Crippen LogP contribution in [0, 0.1) is 6.92 Å². The molecule has 0 bridgehead atoms. The van der Waals surface area contributed by atoms with Gasteiger partial charge in [0.15, 0.2) is 5.82 Å². The van der Waals surface area contributed by atoms with Gasteiger partial charge in [0, 0.05) is 25.5 Å². The standard InChI is InChI=1S/C13H20N6/c1-11-16-17-13-12(15-6-10-19(11)13)14-5-9-18-7-3-2-4-8-18/h6,10H,2-5,7-9H2,1H3,(H,14,15). The Balaban J connectivity index is 1.62. The zero-order chi connectivity index (χ0) is 13.1. The lowest BCUT2D eigenvalue weighted by Gasteiger charge is -2.26. The zero-order valence-corrected chi connectivity index (χ0v) is 11.3. The second kappa shape index (κ2) is 5.52. The topological polar surface area (TPSA) is 58.4 Å². The van der Waals surface area contributed by atoms with E-state index in [1.807, 2.05) is 17.5 Å². The molecule has 0 saturated carbocycles. The van der Waals surface area contributed by atoms with Crippen LogP contribution in [0.25, 0.3) is 5.65 Å². The molecule has 6 nitrogen and oxygen atoms in total.